The summed E-state index contributed by atoms with van der Waals surface area (Å²) in [7, 11) is 0. The summed E-state index contributed by atoms with van der Waals surface area (Å²) in [6.07, 6.45) is 2.76. The van der Waals surface area contributed by atoms with Crippen LogP contribution in [-0.4, -0.2) is 17.5 Å². The summed E-state index contributed by atoms with van der Waals surface area (Å²) in [5.74, 6) is 0.0781. The van der Waals surface area contributed by atoms with Crippen molar-refractivity contribution in [3.05, 3.63) is 74.6 Å². The van der Waals surface area contributed by atoms with Crippen LogP contribution in [0, 0.1) is 18.3 Å². The van der Waals surface area contributed by atoms with Crippen LogP contribution >= 0.6 is 22.9 Å². The van der Waals surface area contributed by atoms with E-state index in [2.05, 4.69) is 31.4 Å². The van der Waals surface area contributed by atoms with Crippen molar-refractivity contribution in [2.24, 2.45) is 16.3 Å². The van der Waals surface area contributed by atoms with E-state index in [9.17, 15) is 9.59 Å². The Morgan fingerprint density at radius 3 is 2.63 bits per heavy atom. The number of benzene rings is 2. The minimum Gasteiger partial charge on any atom is -0.322 e. The fourth-order valence-corrected chi connectivity index (χ4v) is 6.26. The first-order valence-corrected chi connectivity index (χ1v) is 13.0. The van der Waals surface area contributed by atoms with E-state index in [0.29, 0.717) is 32.9 Å². The van der Waals surface area contributed by atoms with Crippen LogP contribution in [0.1, 0.15) is 59.1 Å². The Morgan fingerprint density at radius 2 is 1.91 bits per heavy atom. The first kappa shape index (κ1) is 23.8. The Morgan fingerprint density at radius 1 is 1.17 bits per heavy atom. The third kappa shape index (κ3) is 4.65. The van der Waals surface area contributed by atoms with E-state index in [1.165, 1.54) is 4.88 Å². The lowest BCUT2D eigenvalue weighted by Gasteiger charge is -2.33. The van der Waals surface area contributed by atoms with Gasteiger partial charge in [-0.1, -0.05) is 44.0 Å². The number of aryl methyl sites for hydroxylation is 1. The van der Waals surface area contributed by atoms with Gasteiger partial charge in [0.25, 0.3) is 11.8 Å². The summed E-state index contributed by atoms with van der Waals surface area (Å²) in [6.45, 7) is 8.80. The Hall–Kier alpha value is -2.96. The molecule has 0 unspecified atom stereocenters. The van der Waals surface area contributed by atoms with E-state index in [-0.39, 0.29) is 17.2 Å². The van der Waals surface area contributed by atoms with Crippen LogP contribution in [0.3, 0.4) is 0 Å². The number of halogens is 1. The number of thiophene rings is 1. The molecule has 180 valence electrons. The van der Waals surface area contributed by atoms with Crippen molar-refractivity contribution in [2.45, 2.75) is 47.0 Å². The highest BCUT2D eigenvalue weighted by atomic mass is 35.5. The number of carbonyl (C=O) groups excluding carboxylic acids is 2. The first-order chi connectivity index (χ1) is 16.6. The average Bonchev–Trinajstić information content (AvgIpc) is 3.31. The second-order valence-electron chi connectivity index (χ2n) is 10.4. The topological polar surface area (TPSA) is 70.6 Å². The molecule has 0 saturated carbocycles. The number of rotatable bonds is 3. The van der Waals surface area contributed by atoms with Crippen LogP contribution in [-0.2, 0) is 17.6 Å². The van der Waals surface area contributed by atoms with Gasteiger partial charge in [-0.3, -0.25) is 9.59 Å². The second kappa shape index (κ2) is 8.92. The standard InChI is InChI=1S/C28H28ClN3O2S/c1-15-5-12-21-20(13-15)24(26(34)31-21)32-27-23(25(33)30-18-9-7-17(29)8-10-18)19-11-6-16(28(2,3)4)14-22(19)35-27/h5,7-10,12-13,16H,6,11,14H2,1-4H3,(H,30,33)(H,31,32,34)/t16-/m1/s1. The SMILES string of the molecule is Cc1ccc2c(c1)C(=Nc1sc3c(c1C(=O)Nc1ccc(Cl)cc1)CC[C@@H](C(C)(C)C)C3)C(=O)N2. The average molecular weight is 506 g/mol. The van der Waals surface area contributed by atoms with Crippen LogP contribution in [0.2, 0.25) is 5.02 Å². The van der Waals surface area contributed by atoms with E-state index in [4.69, 9.17) is 16.6 Å². The van der Waals surface area contributed by atoms with Crippen LogP contribution in [0.5, 0.6) is 0 Å². The van der Waals surface area contributed by atoms with Gasteiger partial charge in [0.2, 0.25) is 0 Å². The predicted octanol–water partition coefficient (Wildman–Crippen LogP) is 7.19. The Kier molecular flexibility index (Phi) is 6.06. The van der Waals surface area contributed by atoms with Crippen LogP contribution in [0.15, 0.2) is 47.5 Å². The fourth-order valence-electron chi connectivity index (χ4n) is 4.83. The molecule has 5 rings (SSSR count). The smallest absolute Gasteiger partial charge is 0.275 e. The number of nitrogens with one attached hydrogen (secondary N) is 2. The van der Waals surface area contributed by atoms with Gasteiger partial charge in [0, 0.05) is 21.2 Å². The third-order valence-electron chi connectivity index (χ3n) is 6.91. The maximum atomic E-state index is 13.6. The van der Waals surface area contributed by atoms with Crippen molar-refractivity contribution in [1.82, 2.24) is 0 Å². The zero-order valence-corrected chi connectivity index (χ0v) is 21.9. The molecule has 0 fully saturated rings. The second-order valence-corrected chi connectivity index (χ2v) is 11.9. The summed E-state index contributed by atoms with van der Waals surface area (Å²) in [6, 6.07) is 12.9. The zero-order chi connectivity index (χ0) is 24.9. The number of aliphatic imine (C=N–C) groups is 1. The summed E-state index contributed by atoms with van der Waals surface area (Å²) in [5, 5.41) is 7.11. The Bertz CT molecular complexity index is 1370. The molecule has 2 aliphatic rings. The molecule has 1 aliphatic carbocycles. The summed E-state index contributed by atoms with van der Waals surface area (Å²) < 4.78 is 0. The molecule has 1 aliphatic heterocycles. The van der Waals surface area contributed by atoms with Gasteiger partial charge in [-0.25, -0.2) is 4.99 Å². The quantitative estimate of drug-likeness (QED) is 0.395. The van der Waals surface area contributed by atoms with Gasteiger partial charge in [-0.15, -0.1) is 11.3 Å². The molecule has 35 heavy (non-hydrogen) atoms. The molecular weight excluding hydrogens is 478 g/mol. The molecule has 0 saturated heterocycles. The third-order valence-corrected chi connectivity index (χ3v) is 8.31. The minimum atomic E-state index is -0.242. The molecule has 5 nitrogen and oxygen atoms in total. The van der Waals surface area contributed by atoms with Gasteiger partial charge < -0.3 is 10.6 Å². The molecule has 2 N–H and O–H groups in total. The van der Waals surface area contributed by atoms with Crippen molar-refractivity contribution >= 4 is 56.8 Å². The molecule has 0 radical (unpaired) electrons. The van der Waals surface area contributed by atoms with Gasteiger partial charge >= 0.3 is 0 Å². The van der Waals surface area contributed by atoms with E-state index in [1.54, 1.807) is 35.6 Å². The van der Waals surface area contributed by atoms with E-state index >= 15 is 0 Å². The number of amides is 2. The summed E-state index contributed by atoms with van der Waals surface area (Å²) >= 11 is 7.55. The monoisotopic (exact) mass is 505 g/mol. The lowest BCUT2D eigenvalue weighted by atomic mass is 9.72. The Balaban J connectivity index is 1.59. The summed E-state index contributed by atoms with van der Waals surface area (Å²) in [4.78, 5) is 32.4. The number of hydrogen-bond acceptors (Lipinski definition) is 4. The Labute approximate surface area is 214 Å². The number of carbonyl (C=O) groups is 2. The van der Waals surface area contributed by atoms with E-state index in [1.807, 2.05) is 25.1 Å². The highest BCUT2D eigenvalue weighted by Gasteiger charge is 2.35. The van der Waals surface area contributed by atoms with Gasteiger partial charge in [-0.2, -0.15) is 0 Å². The molecule has 3 aromatic rings. The first-order valence-electron chi connectivity index (χ1n) is 11.8. The maximum Gasteiger partial charge on any atom is 0.275 e. The molecule has 2 heterocycles. The largest absolute Gasteiger partial charge is 0.322 e. The van der Waals surface area contributed by atoms with Gasteiger partial charge in [0.1, 0.15) is 10.7 Å². The predicted molar refractivity (Wildman–Crippen MR) is 145 cm³/mol. The van der Waals surface area contributed by atoms with Crippen molar-refractivity contribution in [3.63, 3.8) is 0 Å². The molecule has 1 aromatic heterocycles. The van der Waals surface area contributed by atoms with Crippen LogP contribution in [0.4, 0.5) is 16.4 Å². The molecule has 1 atom stereocenters. The van der Waals surface area contributed by atoms with Crippen molar-refractivity contribution in [1.29, 1.82) is 0 Å². The van der Waals surface area contributed by atoms with Crippen molar-refractivity contribution in [3.8, 4) is 0 Å². The highest BCUT2D eigenvalue weighted by molar-refractivity contribution is 7.16. The van der Waals surface area contributed by atoms with E-state index < -0.39 is 0 Å². The number of nitrogens with zero attached hydrogens (tertiary/aromatic N) is 1. The van der Waals surface area contributed by atoms with E-state index in [0.717, 1.165) is 41.6 Å². The molecule has 2 aromatic carbocycles. The number of anilines is 2. The van der Waals surface area contributed by atoms with Gasteiger partial charge in [-0.05, 0) is 79.5 Å². The molecule has 0 spiro atoms. The minimum absolute atomic E-state index is 0.182. The zero-order valence-electron chi connectivity index (χ0n) is 20.3. The highest BCUT2D eigenvalue weighted by Crippen LogP contribution is 2.46. The molecule has 2 amide bonds. The van der Waals surface area contributed by atoms with Gasteiger partial charge in [0.05, 0.1) is 11.3 Å². The van der Waals surface area contributed by atoms with Crippen molar-refractivity contribution < 1.29 is 9.59 Å². The molecular formula is C28H28ClN3O2S. The molecule has 7 heteroatoms. The van der Waals surface area contributed by atoms with Crippen LogP contribution < -0.4 is 10.6 Å². The summed E-state index contributed by atoms with van der Waals surface area (Å²) in [5.41, 5.74) is 5.42. The van der Waals surface area contributed by atoms with Crippen molar-refractivity contribution in [2.75, 3.05) is 10.6 Å². The normalized spacial score (nSPS) is 18.3. The van der Waals surface area contributed by atoms with Crippen LogP contribution in [0.25, 0.3) is 0 Å². The maximum absolute atomic E-state index is 13.6. The lowest BCUT2D eigenvalue weighted by molar-refractivity contribution is -0.110. The number of fused-ring (bicyclic) bond motifs is 2. The number of hydrogen-bond donors (Lipinski definition) is 2. The lowest BCUT2D eigenvalue weighted by Crippen LogP contribution is -2.27. The van der Waals surface area contributed by atoms with Gasteiger partial charge in [0.15, 0.2) is 0 Å². The fraction of sp³-hybridized carbons (Fsp3) is 0.321. The molecule has 0 bridgehead atoms.